The van der Waals surface area contributed by atoms with E-state index >= 15 is 0 Å². The molecule has 0 amide bonds. The van der Waals surface area contributed by atoms with E-state index in [0.717, 1.165) is 42.5 Å². The molecule has 104 valence electrons. The molecule has 1 N–H and O–H groups in total. The van der Waals surface area contributed by atoms with Crippen LogP contribution in [-0.4, -0.2) is 9.97 Å². The third kappa shape index (κ3) is 2.40. The van der Waals surface area contributed by atoms with Crippen molar-refractivity contribution >= 4 is 0 Å². The molecule has 3 nitrogen and oxygen atoms in total. The number of fused-ring (bicyclic) bond motifs is 1. The molecule has 2 aromatic rings. The van der Waals surface area contributed by atoms with Gasteiger partial charge in [0.1, 0.15) is 5.82 Å². The quantitative estimate of drug-likeness (QED) is 0.906. The summed E-state index contributed by atoms with van der Waals surface area (Å²) in [4.78, 5) is 19.7. The van der Waals surface area contributed by atoms with E-state index in [0.29, 0.717) is 11.7 Å². The highest BCUT2D eigenvalue weighted by molar-refractivity contribution is 5.56. The average molecular weight is 268 g/mol. The summed E-state index contributed by atoms with van der Waals surface area (Å²) in [5, 5.41) is 0. The van der Waals surface area contributed by atoms with Crippen LogP contribution in [0.1, 0.15) is 49.4 Å². The highest BCUT2D eigenvalue weighted by Gasteiger charge is 2.16. The van der Waals surface area contributed by atoms with Crippen LogP contribution in [0.3, 0.4) is 0 Å². The summed E-state index contributed by atoms with van der Waals surface area (Å²) in [6, 6.07) is 8.31. The molecule has 0 aliphatic heterocycles. The van der Waals surface area contributed by atoms with Gasteiger partial charge in [0.15, 0.2) is 0 Å². The Hall–Kier alpha value is -1.90. The Balaban J connectivity index is 2.02. The van der Waals surface area contributed by atoms with Gasteiger partial charge in [0.2, 0.25) is 0 Å². The largest absolute Gasteiger partial charge is 0.306 e. The first-order valence-corrected chi connectivity index (χ1v) is 7.37. The summed E-state index contributed by atoms with van der Waals surface area (Å²) in [5.74, 6) is 1.21. The van der Waals surface area contributed by atoms with Crippen LogP contribution < -0.4 is 5.56 Å². The fraction of sp³-hybridized carbons (Fsp3) is 0.412. The van der Waals surface area contributed by atoms with E-state index in [2.05, 4.69) is 35.9 Å². The predicted octanol–water partition coefficient (Wildman–Crippen LogP) is 3.44. The fourth-order valence-corrected chi connectivity index (χ4v) is 2.77. The Morgan fingerprint density at radius 2 is 1.80 bits per heavy atom. The van der Waals surface area contributed by atoms with Gasteiger partial charge in [0, 0.05) is 11.1 Å². The molecule has 1 aromatic carbocycles. The first kappa shape index (κ1) is 13.1. The summed E-state index contributed by atoms with van der Waals surface area (Å²) in [5.41, 5.74) is 4.20. The number of aromatic nitrogens is 2. The lowest BCUT2D eigenvalue weighted by molar-refractivity contribution is 0.657. The Kier molecular flexibility index (Phi) is 3.43. The molecule has 0 saturated carbocycles. The van der Waals surface area contributed by atoms with Crippen molar-refractivity contribution in [3.05, 3.63) is 51.4 Å². The summed E-state index contributed by atoms with van der Waals surface area (Å²) in [6.07, 6.45) is 4.02. The number of nitrogens with one attached hydrogen (secondary N) is 1. The topological polar surface area (TPSA) is 45.8 Å². The number of aromatic amines is 1. The van der Waals surface area contributed by atoms with Gasteiger partial charge in [-0.05, 0) is 37.2 Å². The Labute approximate surface area is 119 Å². The van der Waals surface area contributed by atoms with Crippen molar-refractivity contribution in [1.82, 2.24) is 9.97 Å². The summed E-state index contributed by atoms with van der Waals surface area (Å²) >= 11 is 0. The van der Waals surface area contributed by atoms with Gasteiger partial charge in [-0.25, -0.2) is 4.98 Å². The van der Waals surface area contributed by atoms with Crippen LogP contribution in [0.25, 0.3) is 11.4 Å². The zero-order chi connectivity index (χ0) is 14.1. The highest BCUT2D eigenvalue weighted by Crippen LogP contribution is 2.22. The van der Waals surface area contributed by atoms with E-state index in [1.54, 1.807) is 0 Å². The van der Waals surface area contributed by atoms with Crippen molar-refractivity contribution in [2.75, 3.05) is 0 Å². The number of nitrogens with zero attached hydrogens (tertiary/aromatic N) is 1. The Bertz CT molecular complexity index is 668. The Morgan fingerprint density at radius 1 is 1.10 bits per heavy atom. The zero-order valence-corrected chi connectivity index (χ0v) is 12.1. The van der Waals surface area contributed by atoms with Crippen LogP contribution in [0.5, 0.6) is 0 Å². The fourth-order valence-electron chi connectivity index (χ4n) is 2.77. The van der Waals surface area contributed by atoms with E-state index in [-0.39, 0.29) is 5.56 Å². The minimum atomic E-state index is 0.0395. The van der Waals surface area contributed by atoms with Gasteiger partial charge >= 0.3 is 0 Å². The van der Waals surface area contributed by atoms with Crippen molar-refractivity contribution < 1.29 is 0 Å². The van der Waals surface area contributed by atoms with Crippen molar-refractivity contribution in [2.24, 2.45) is 0 Å². The molecule has 1 heterocycles. The lowest BCUT2D eigenvalue weighted by Crippen LogP contribution is -2.21. The van der Waals surface area contributed by atoms with E-state index in [1.165, 1.54) is 5.56 Å². The number of hydrogen-bond donors (Lipinski definition) is 1. The molecular weight excluding hydrogens is 248 g/mol. The molecule has 0 fully saturated rings. The maximum atomic E-state index is 12.1. The maximum Gasteiger partial charge on any atom is 0.254 e. The lowest BCUT2D eigenvalue weighted by Gasteiger charge is -2.14. The second-order valence-corrected chi connectivity index (χ2v) is 5.82. The molecule has 0 radical (unpaired) electrons. The first-order chi connectivity index (χ1) is 9.65. The monoisotopic (exact) mass is 268 g/mol. The molecule has 0 unspecified atom stereocenters. The van der Waals surface area contributed by atoms with E-state index < -0.39 is 0 Å². The molecule has 1 aliphatic carbocycles. The van der Waals surface area contributed by atoms with Gasteiger partial charge in [-0.1, -0.05) is 38.1 Å². The summed E-state index contributed by atoms with van der Waals surface area (Å²) < 4.78 is 0. The number of benzene rings is 1. The van der Waals surface area contributed by atoms with Crippen LogP contribution in [0.2, 0.25) is 0 Å². The van der Waals surface area contributed by atoms with E-state index in [1.807, 2.05) is 12.1 Å². The SMILES string of the molecule is CC(C)c1ccc(-c2nc3c(c(=O)[nH]2)CCCC3)cc1. The summed E-state index contributed by atoms with van der Waals surface area (Å²) in [6.45, 7) is 4.35. The molecular formula is C17H20N2O. The molecule has 20 heavy (non-hydrogen) atoms. The van der Waals surface area contributed by atoms with Crippen molar-refractivity contribution in [3.8, 4) is 11.4 Å². The molecule has 3 rings (SSSR count). The van der Waals surface area contributed by atoms with Crippen LogP contribution in [0.15, 0.2) is 29.1 Å². The minimum absolute atomic E-state index is 0.0395. The molecule has 0 atom stereocenters. The second kappa shape index (κ2) is 5.23. The van der Waals surface area contributed by atoms with Crippen LogP contribution in [-0.2, 0) is 12.8 Å². The van der Waals surface area contributed by atoms with Gasteiger partial charge in [0.05, 0.1) is 5.69 Å². The van der Waals surface area contributed by atoms with Gasteiger partial charge in [-0.15, -0.1) is 0 Å². The van der Waals surface area contributed by atoms with Crippen molar-refractivity contribution in [2.45, 2.75) is 45.4 Å². The molecule has 0 saturated heterocycles. The molecule has 1 aromatic heterocycles. The molecule has 3 heteroatoms. The smallest absolute Gasteiger partial charge is 0.254 e. The second-order valence-electron chi connectivity index (χ2n) is 5.82. The van der Waals surface area contributed by atoms with Gasteiger partial charge in [-0.2, -0.15) is 0 Å². The summed E-state index contributed by atoms with van der Waals surface area (Å²) in [7, 11) is 0. The van der Waals surface area contributed by atoms with E-state index in [4.69, 9.17) is 0 Å². The van der Waals surface area contributed by atoms with Gasteiger partial charge in [0.25, 0.3) is 5.56 Å². The predicted molar refractivity (Wildman–Crippen MR) is 81.0 cm³/mol. The number of aryl methyl sites for hydroxylation is 1. The number of rotatable bonds is 2. The number of hydrogen-bond acceptors (Lipinski definition) is 2. The average Bonchev–Trinajstić information content (AvgIpc) is 2.47. The molecule has 0 spiro atoms. The minimum Gasteiger partial charge on any atom is -0.306 e. The highest BCUT2D eigenvalue weighted by atomic mass is 16.1. The third-order valence-corrected chi connectivity index (χ3v) is 4.04. The third-order valence-electron chi connectivity index (χ3n) is 4.04. The standard InChI is InChI=1S/C17H20N2O/c1-11(2)12-7-9-13(10-8-12)16-18-15-6-4-3-5-14(15)17(20)19-16/h7-11H,3-6H2,1-2H3,(H,18,19,20). The molecule has 0 bridgehead atoms. The Morgan fingerprint density at radius 3 is 2.50 bits per heavy atom. The van der Waals surface area contributed by atoms with Gasteiger partial charge in [-0.3, -0.25) is 4.79 Å². The molecule has 1 aliphatic rings. The maximum absolute atomic E-state index is 12.1. The number of H-pyrrole nitrogens is 1. The van der Waals surface area contributed by atoms with Crippen LogP contribution >= 0.6 is 0 Å². The first-order valence-electron chi connectivity index (χ1n) is 7.37. The van der Waals surface area contributed by atoms with Crippen LogP contribution in [0, 0.1) is 0 Å². The lowest BCUT2D eigenvalue weighted by atomic mass is 9.97. The van der Waals surface area contributed by atoms with Crippen LogP contribution in [0.4, 0.5) is 0 Å². The normalized spacial score (nSPS) is 14.3. The van der Waals surface area contributed by atoms with Gasteiger partial charge < -0.3 is 4.98 Å². The zero-order valence-electron chi connectivity index (χ0n) is 12.1. The van der Waals surface area contributed by atoms with E-state index in [9.17, 15) is 4.79 Å². The van der Waals surface area contributed by atoms with Crippen molar-refractivity contribution in [3.63, 3.8) is 0 Å². The van der Waals surface area contributed by atoms with Crippen molar-refractivity contribution in [1.29, 1.82) is 0 Å².